The van der Waals surface area contributed by atoms with E-state index in [1.165, 1.54) is 17.4 Å². The zero-order valence-corrected chi connectivity index (χ0v) is 13.9. The summed E-state index contributed by atoms with van der Waals surface area (Å²) in [4.78, 5) is 4.34. The van der Waals surface area contributed by atoms with Gasteiger partial charge in [-0.05, 0) is 48.9 Å². The Kier molecular flexibility index (Phi) is 4.76. The molecule has 0 spiro atoms. The monoisotopic (exact) mass is 351 g/mol. The molecule has 0 unspecified atom stereocenters. The number of alkyl halides is 3. The Morgan fingerprint density at radius 2 is 1.83 bits per heavy atom. The molecule has 3 aromatic rings. The smallest absolute Gasteiger partial charge is 0.416 e. The highest BCUT2D eigenvalue weighted by molar-refractivity contribution is 7.21. The Bertz CT molecular complexity index is 824. The molecule has 24 heavy (non-hydrogen) atoms. The SMILES string of the molecule is CCCCOc1ccc(-c2nc3cc(C(F)(F)F)ccc3s2)cc1. The van der Waals surface area contributed by atoms with Crippen molar-refractivity contribution >= 4 is 21.6 Å². The average Bonchev–Trinajstić information content (AvgIpc) is 2.98. The van der Waals surface area contributed by atoms with E-state index in [0.717, 1.165) is 41.0 Å². The predicted molar refractivity (Wildman–Crippen MR) is 90.5 cm³/mol. The minimum Gasteiger partial charge on any atom is -0.494 e. The van der Waals surface area contributed by atoms with Crippen molar-refractivity contribution in [3.63, 3.8) is 0 Å². The molecule has 0 saturated carbocycles. The fraction of sp³-hybridized carbons (Fsp3) is 0.278. The molecule has 3 rings (SSSR count). The van der Waals surface area contributed by atoms with Gasteiger partial charge in [0.05, 0.1) is 22.4 Å². The van der Waals surface area contributed by atoms with Crippen molar-refractivity contribution in [3.05, 3.63) is 48.0 Å². The van der Waals surface area contributed by atoms with Crippen LogP contribution in [0, 0.1) is 0 Å². The first-order chi connectivity index (χ1) is 11.5. The maximum Gasteiger partial charge on any atom is 0.416 e. The van der Waals surface area contributed by atoms with Crippen molar-refractivity contribution in [2.75, 3.05) is 6.61 Å². The summed E-state index contributed by atoms with van der Waals surface area (Å²) in [7, 11) is 0. The first kappa shape index (κ1) is 16.8. The number of thiazole rings is 1. The lowest BCUT2D eigenvalue weighted by Crippen LogP contribution is -2.03. The van der Waals surface area contributed by atoms with Gasteiger partial charge in [0.1, 0.15) is 10.8 Å². The van der Waals surface area contributed by atoms with Crippen molar-refractivity contribution in [3.8, 4) is 16.3 Å². The van der Waals surface area contributed by atoms with Crippen LogP contribution >= 0.6 is 11.3 Å². The number of fused-ring (bicyclic) bond motifs is 1. The molecule has 1 heterocycles. The van der Waals surface area contributed by atoms with Crippen molar-refractivity contribution in [2.24, 2.45) is 0 Å². The van der Waals surface area contributed by atoms with Crippen LogP contribution in [0.15, 0.2) is 42.5 Å². The van der Waals surface area contributed by atoms with E-state index in [-0.39, 0.29) is 0 Å². The molecule has 2 nitrogen and oxygen atoms in total. The van der Waals surface area contributed by atoms with Crippen LogP contribution in [0.4, 0.5) is 13.2 Å². The second-order valence-corrected chi connectivity index (χ2v) is 6.46. The maximum atomic E-state index is 12.8. The van der Waals surface area contributed by atoms with Crippen LogP contribution < -0.4 is 4.74 Å². The summed E-state index contributed by atoms with van der Waals surface area (Å²) in [6, 6.07) is 11.1. The molecule has 0 radical (unpaired) electrons. The first-order valence-electron chi connectivity index (χ1n) is 7.68. The normalized spacial score (nSPS) is 11.8. The summed E-state index contributed by atoms with van der Waals surface area (Å²) in [5.74, 6) is 0.785. The largest absolute Gasteiger partial charge is 0.494 e. The molecule has 0 amide bonds. The van der Waals surface area contributed by atoms with Gasteiger partial charge >= 0.3 is 6.18 Å². The lowest BCUT2D eigenvalue weighted by molar-refractivity contribution is -0.137. The summed E-state index contributed by atoms with van der Waals surface area (Å²) < 4.78 is 44.7. The fourth-order valence-corrected chi connectivity index (χ4v) is 3.21. The highest BCUT2D eigenvalue weighted by Crippen LogP contribution is 2.35. The van der Waals surface area contributed by atoms with Crippen LogP contribution in [-0.4, -0.2) is 11.6 Å². The Labute approximate surface area is 141 Å². The van der Waals surface area contributed by atoms with Gasteiger partial charge in [0.2, 0.25) is 0 Å². The molecule has 0 saturated heterocycles. The third kappa shape index (κ3) is 3.70. The topological polar surface area (TPSA) is 22.1 Å². The van der Waals surface area contributed by atoms with E-state index >= 15 is 0 Å². The van der Waals surface area contributed by atoms with Gasteiger partial charge in [0.25, 0.3) is 0 Å². The molecular weight excluding hydrogens is 335 g/mol. The van der Waals surface area contributed by atoms with Crippen molar-refractivity contribution < 1.29 is 17.9 Å². The van der Waals surface area contributed by atoms with Gasteiger partial charge in [-0.25, -0.2) is 4.98 Å². The van der Waals surface area contributed by atoms with E-state index in [2.05, 4.69) is 11.9 Å². The van der Waals surface area contributed by atoms with E-state index in [4.69, 9.17) is 4.74 Å². The van der Waals surface area contributed by atoms with Gasteiger partial charge in [0.15, 0.2) is 0 Å². The summed E-state index contributed by atoms with van der Waals surface area (Å²) in [5, 5.41) is 0.699. The Balaban J connectivity index is 1.84. The number of nitrogens with zero attached hydrogens (tertiary/aromatic N) is 1. The summed E-state index contributed by atoms with van der Waals surface area (Å²) >= 11 is 1.38. The number of rotatable bonds is 5. The zero-order valence-electron chi connectivity index (χ0n) is 13.1. The van der Waals surface area contributed by atoms with E-state index < -0.39 is 11.7 Å². The molecule has 2 aromatic carbocycles. The molecule has 0 fully saturated rings. The van der Waals surface area contributed by atoms with Gasteiger partial charge in [0, 0.05) is 5.56 Å². The van der Waals surface area contributed by atoms with Crippen molar-refractivity contribution in [1.82, 2.24) is 4.98 Å². The third-order valence-corrected chi connectivity index (χ3v) is 4.67. The Morgan fingerprint density at radius 1 is 1.08 bits per heavy atom. The highest BCUT2D eigenvalue weighted by Gasteiger charge is 2.30. The van der Waals surface area contributed by atoms with Crippen molar-refractivity contribution in [1.29, 1.82) is 0 Å². The molecule has 0 bridgehead atoms. The first-order valence-corrected chi connectivity index (χ1v) is 8.50. The van der Waals surface area contributed by atoms with Crippen LogP contribution in [0.1, 0.15) is 25.3 Å². The number of aromatic nitrogens is 1. The maximum absolute atomic E-state index is 12.8. The van der Waals surface area contributed by atoms with Gasteiger partial charge in [-0.3, -0.25) is 0 Å². The molecule has 6 heteroatoms. The minimum absolute atomic E-state index is 0.369. The predicted octanol–water partition coefficient (Wildman–Crippen LogP) is 6.16. The summed E-state index contributed by atoms with van der Waals surface area (Å²) in [6.07, 6.45) is -2.28. The van der Waals surface area contributed by atoms with Crippen LogP contribution in [0.25, 0.3) is 20.8 Å². The number of benzene rings is 2. The van der Waals surface area contributed by atoms with Crippen molar-refractivity contribution in [2.45, 2.75) is 25.9 Å². The zero-order chi connectivity index (χ0) is 17.2. The van der Waals surface area contributed by atoms with E-state index in [0.29, 0.717) is 17.1 Å². The van der Waals surface area contributed by atoms with Crippen LogP contribution in [0.3, 0.4) is 0 Å². The second-order valence-electron chi connectivity index (χ2n) is 5.43. The molecule has 0 aliphatic heterocycles. The summed E-state index contributed by atoms with van der Waals surface area (Å²) in [6.45, 7) is 2.78. The summed E-state index contributed by atoms with van der Waals surface area (Å²) in [5.41, 5.74) is 0.562. The molecule has 0 atom stereocenters. The van der Waals surface area contributed by atoms with Crippen LogP contribution in [0.2, 0.25) is 0 Å². The number of unbranched alkanes of at least 4 members (excludes halogenated alkanes) is 1. The van der Waals surface area contributed by atoms with E-state index in [1.807, 2.05) is 24.3 Å². The number of ether oxygens (including phenoxy) is 1. The van der Waals surface area contributed by atoms with Crippen LogP contribution in [0.5, 0.6) is 5.75 Å². The molecular formula is C18H16F3NOS. The fourth-order valence-electron chi connectivity index (χ4n) is 2.26. The minimum atomic E-state index is -4.35. The van der Waals surface area contributed by atoms with E-state index in [1.54, 1.807) is 0 Å². The van der Waals surface area contributed by atoms with Gasteiger partial charge in [-0.15, -0.1) is 11.3 Å². The standard InChI is InChI=1S/C18H16F3NOS/c1-2-3-10-23-14-7-4-12(5-8-14)17-22-15-11-13(18(19,20)21)6-9-16(15)24-17/h4-9,11H,2-3,10H2,1H3. The Morgan fingerprint density at radius 3 is 2.50 bits per heavy atom. The van der Waals surface area contributed by atoms with Gasteiger partial charge in [-0.2, -0.15) is 13.2 Å². The number of hydrogen-bond acceptors (Lipinski definition) is 3. The van der Waals surface area contributed by atoms with Gasteiger partial charge in [-0.1, -0.05) is 13.3 Å². The quantitative estimate of drug-likeness (QED) is 0.514. The van der Waals surface area contributed by atoms with Crippen LogP contribution in [-0.2, 0) is 6.18 Å². The lowest BCUT2D eigenvalue weighted by Gasteiger charge is -2.05. The molecule has 126 valence electrons. The molecule has 0 N–H and O–H groups in total. The Hall–Kier alpha value is -2.08. The third-order valence-electron chi connectivity index (χ3n) is 3.58. The molecule has 1 aromatic heterocycles. The molecule has 0 aliphatic carbocycles. The van der Waals surface area contributed by atoms with Gasteiger partial charge < -0.3 is 4.74 Å². The van der Waals surface area contributed by atoms with E-state index in [9.17, 15) is 13.2 Å². The lowest BCUT2D eigenvalue weighted by atomic mass is 10.2. The second kappa shape index (κ2) is 6.81. The number of halogens is 3. The molecule has 0 aliphatic rings. The average molecular weight is 351 g/mol. The number of hydrogen-bond donors (Lipinski definition) is 0. The highest BCUT2D eigenvalue weighted by atomic mass is 32.1.